The average Bonchev–Trinajstić information content (AvgIpc) is 2.25. The summed E-state index contributed by atoms with van der Waals surface area (Å²) in [6.45, 7) is 0. The minimum Gasteiger partial charge on any atom is -0.454 e. The maximum absolute atomic E-state index is 5.92. The fourth-order valence-electron chi connectivity index (χ4n) is 1.18. The largest absolute Gasteiger partial charge is 0.454 e. The molecular formula is C11H8BrClN2O. The van der Waals surface area contributed by atoms with Crippen LogP contribution in [0.1, 0.15) is 0 Å². The van der Waals surface area contributed by atoms with Crippen LogP contribution in [0.5, 0.6) is 11.5 Å². The molecule has 0 bridgehead atoms. The molecule has 0 saturated heterocycles. The zero-order chi connectivity index (χ0) is 11.5. The number of hydrogen-bond donors (Lipinski definition) is 1. The third kappa shape index (κ3) is 2.46. The molecule has 0 atom stereocenters. The molecule has 0 spiro atoms. The van der Waals surface area contributed by atoms with Crippen LogP contribution in [-0.2, 0) is 0 Å². The number of nitrogens with zero attached hydrogens (tertiary/aromatic N) is 1. The summed E-state index contributed by atoms with van der Waals surface area (Å²) in [5.74, 6) is 1.10. The Balaban J connectivity index is 2.31. The molecule has 2 aromatic rings. The molecule has 0 aliphatic heterocycles. The Kier molecular flexibility index (Phi) is 3.31. The van der Waals surface area contributed by atoms with Gasteiger partial charge in [-0.05, 0) is 18.2 Å². The molecule has 5 heteroatoms. The van der Waals surface area contributed by atoms with Gasteiger partial charge in [0.2, 0.25) is 0 Å². The highest BCUT2D eigenvalue weighted by atomic mass is 79.9. The Morgan fingerprint density at radius 2 is 2.06 bits per heavy atom. The first-order valence-electron chi connectivity index (χ1n) is 4.49. The molecule has 16 heavy (non-hydrogen) atoms. The van der Waals surface area contributed by atoms with Gasteiger partial charge in [-0.15, -0.1) is 0 Å². The van der Waals surface area contributed by atoms with E-state index in [-0.39, 0.29) is 0 Å². The normalized spacial score (nSPS) is 10.1. The Labute approximate surface area is 106 Å². The van der Waals surface area contributed by atoms with Crippen LogP contribution >= 0.6 is 27.5 Å². The van der Waals surface area contributed by atoms with Crippen molar-refractivity contribution in [2.24, 2.45) is 0 Å². The Morgan fingerprint density at radius 3 is 2.75 bits per heavy atom. The van der Waals surface area contributed by atoms with Crippen molar-refractivity contribution in [1.29, 1.82) is 0 Å². The number of nitrogen functional groups attached to an aromatic ring is 1. The van der Waals surface area contributed by atoms with Gasteiger partial charge in [-0.2, -0.15) is 0 Å². The van der Waals surface area contributed by atoms with Gasteiger partial charge in [0.05, 0.1) is 5.69 Å². The molecule has 1 heterocycles. The second-order valence-corrected chi connectivity index (χ2v) is 4.41. The van der Waals surface area contributed by atoms with E-state index in [0.717, 1.165) is 4.47 Å². The second kappa shape index (κ2) is 4.72. The van der Waals surface area contributed by atoms with Crippen molar-refractivity contribution in [2.75, 3.05) is 5.73 Å². The average molecular weight is 300 g/mol. The molecule has 3 nitrogen and oxygen atoms in total. The Bertz CT molecular complexity index is 519. The van der Waals surface area contributed by atoms with E-state index in [1.54, 1.807) is 24.4 Å². The number of pyridine rings is 1. The van der Waals surface area contributed by atoms with E-state index in [0.29, 0.717) is 22.2 Å². The highest BCUT2D eigenvalue weighted by molar-refractivity contribution is 9.10. The van der Waals surface area contributed by atoms with Gasteiger partial charge >= 0.3 is 0 Å². The number of benzene rings is 1. The molecule has 1 aromatic carbocycles. The lowest BCUT2D eigenvalue weighted by atomic mass is 10.3. The van der Waals surface area contributed by atoms with Gasteiger partial charge in [0.25, 0.3) is 0 Å². The smallest absolute Gasteiger partial charge is 0.150 e. The van der Waals surface area contributed by atoms with E-state index in [1.165, 1.54) is 6.20 Å². The van der Waals surface area contributed by atoms with Crippen molar-refractivity contribution < 1.29 is 4.74 Å². The molecular weight excluding hydrogens is 291 g/mol. The SMILES string of the molecule is Nc1cc(Br)ccc1Oc1ccncc1Cl. The van der Waals surface area contributed by atoms with E-state index in [4.69, 9.17) is 22.1 Å². The van der Waals surface area contributed by atoms with Crippen LogP contribution in [0.25, 0.3) is 0 Å². The molecule has 0 amide bonds. The van der Waals surface area contributed by atoms with Crippen molar-refractivity contribution in [1.82, 2.24) is 4.98 Å². The van der Waals surface area contributed by atoms with Crippen molar-refractivity contribution in [3.05, 3.63) is 46.2 Å². The quantitative estimate of drug-likeness (QED) is 0.856. The summed E-state index contributed by atoms with van der Waals surface area (Å²) in [5, 5.41) is 0.449. The number of rotatable bonds is 2. The van der Waals surface area contributed by atoms with Gasteiger partial charge in [0.1, 0.15) is 16.5 Å². The van der Waals surface area contributed by atoms with Gasteiger partial charge in [-0.25, -0.2) is 0 Å². The maximum Gasteiger partial charge on any atom is 0.150 e. The number of hydrogen-bond acceptors (Lipinski definition) is 3. The lowest BCUT2D eigenvalue weighted by Crippen LogP contribution is -1.92. The first-order chi connectivity index (χ1) is 7.66. The fraction of sp³-hybridized carbons (Fsp3) is 0. The molecule has 0 aliphatic carbocycles. The summed E-state index contributed by atoms with van der Waals surface area (Å²) in [7, 11) is 0. The molecule has 0 saturated carbocycles. The van der Waals surface area contributed by atoms with E-state index >= 15 is 0 Å². The number of anilines is 1. The van der Waals surface area contributed by atoms with E-state index in [9.17, 15) is 0 Å². The minimum absolute atomic E-state index is 0.449. The molecule has 0 fully saturated rings. The topological polar surface area (TPSA) is 48.1 Å². The van der Waals surface area contributed by atoms with Crippen LogP contribution in [0, 0.1) is 0 Å². The fourth-order valence-corrected chi connectivity index (χ4v) is 1.71. The van der Waals surface area contributed by atoms with Gasteiger partial charge in [0, 0.05) is 22.9 Å². The van der Waals surface area contributed by atoms with Crippen LogP contribution in [0.15, 0.2) is 41.1 Å². The highest BCUT2D eigenvalue weighted by Crippen LogP contribution is 2.32. The first kappa shape index (κ1) is 11.2. The molecule has 2 rings (SSSR count). The number of aromatic nitrogens is 1. The number of ether oxygens (including phenoxy) is 1. The minimum atomic E-state index is 0.449. The summed E-state index contributed by atoms with van der Waals surface area (Å²) in [6, 6.07) is 7.07. The van der Waals surface area contributed by atoms with Crippen LogP contribution in [0.2, 0.25) is 5.02 Å². The lowest BCUT2D eigenvalue weighted by Gasteiger charge is -2.09. The standard InChI is InChI=1S/C11H8BrClN2O/c12-7-1-2-11(9(14)5-7)16-10-3-4-15-6-8(10)13/h1-6H,14H2. The van der Waals surface area contributed by atoms with Crippen molar-refractivity contribution in [3.63, 3.8) is 0 Å². The van der Waals surface area contributed by atoms with Crippen LogP contribution in [0.4, 0.5) is 5.69 Å². The van der Waals surface area contributed by atoms with Crippen LogP contribution in [0.3, 0.4) is 0 Å². The first-order valence-corrected chi connectivity index (χ1v) is 5.66. The molecule has 82 valence electrons. The predicted octanol–water partition coefficient (Wildman–Crippen LogP) is 3.87. The second-order valence-electron chi connectivity index (χ2n) is 3.09. The molecule has 1 aromatic heterocycles. The van der Waals surface area contributed by atoms with E-state index in [2.05, 4.69) is 20.9 Å². The lowest BCUT2D eigenvalue weighted by molar-refractivity contribution is 0.484. The maximum atomic E-state index is 5.92. The summed E-state index contributed by atoms with van der Waals surface area (Å²) in [5.41, 5.74) is 6.35. The van der Waals surface area contributed by atoms with Gasteiger partial charge < -0.3 is 10.5 Å². The predicted molar refractivity (Wildman–Crippen MR) is 67.9 cm³/mol. The van der Waals surface area contributed by atoms with Crippen LogP contribution in [-0.4, -0.2) is 4.98 Å². The monoisotopic (exact) mass is 298 g/mol. The third-order valence-electron chi connectivity index (χ3n) is 1.93. The summed E-state index contributed by atoms with van der Waals surface area (Å²) in [4.78, 5) is 3.87. The number of halogens is 2. The van der Waals surface area contributed by atoms with Crippen molar-refractivity contribution in [3.8, 4) is 11.5 Å². The Hall–Kier alpha value is -1.26. The summed E-state index contributed by atoms with van der Waals surface area (Å²) in [6.07, 6.45) is 3.13. The summed E-state index contributed by atoms with van der Waals surface area (Å²) < 4.78 is 6.48. The molecule has 2 N–H and O–H groups in total. The summed E-state index contributed by atoms with van der Waals surface area (Å²) >= 11 is 9.24. The van der Waals surface area contributed by atoms with Gasteiger partial charge in [-0.3, -0.25) is 4.98 Å². The van der Waals surface area contributed by atoms with E-state index in [1.807, 2.05) is 6.07 Å². The zero-order valence-corrected chi connectivity index (χ0v) is 10.5. The third-order valence-corrected chi connectivity index (χ3v) is 2.70. The van der Waals surface area contributed by atoms with Crippen molar-refractivity contribution >= 4 is 33.2 Å². The zero-order valence-electron chi connectivity index (χ0n) is 8.15. The van der Waals surface area contributed by atoms with Crippen LogP contribution < -0.4 is 10.5 Å². The molecule has 0 unspecified atom stereocenters. The Morgan fingerprint density at radius 1 is 1.25 bits per heavy atom. The highest BCUT2D eigenvalue weighted by Gasteiger charge is 2.05. The van der Waals surface area contributed by atoms with Gasteiger partial charge in [0.15, 0.2) is 0 Å². The van der Waals surface area contributed by atoms with E-state index < -0.39 is 0 Å². The van der Waals surface area contributed by atoms with Gasteiger partial charge in [-0.1, -0.05) is 27.5 Å². The number of nitrogens with two attached hydrogens (primary N) is 1. The molecule has 0 radical (unpaired) electrons. The molecule has 0 aliphatic rings. The van der Waals surface area contributed by atoms with Crippen molar-refractivity contribution in [2.45, 2.75) is 0 Å².